The van der Waals surface area contributed by atoms with Gasteiger partial charge in [0, 0.05) is 29.5 Å². The van der Waals surface area contributed by atoms with E-state index in [9.17, 15) is 20.2 Å². The molecule has 0 aliphatic carbocycles. The maximum absolute atomic E-state index is 12.3. The van der Waals surface area contributed by atoms with E-state index in [1.165, 1.54) is 30.3 Å². The van der Waals surface area contributed by atoms with Gasteiger partial charge in [-0.2, -0.15) is 5.26 Å². The lowest BCUT2D eigenvalue weighted by atomic mass is 10.2. The summed E-state index contributed by atoms with van der Waals surface area (Å²) in [5.74, 6) is 0.0170. The molecule has 0 bridgehead atoms. The first kappa shape index (κ1) is 20.1. The van der Waals surface area contributed by atoms with Gasteiger partial charge in [-0.1, -0.05) is 29.3 Å². The van der Waals surface area contributed by atoms with Crippen molar-refractivity contribution in [3.8, 4) is 17.4 Å². The molecule has 0 unspecified atom stereocenters. The maximum atomic E-state index is 12.3. The number of rotatable bonds is 5. The maximum Gasteiger partial charge on any atom is 0.269 e. The summed E-state index contributed by atoms with van der Waals surface area (Å²) < 4.78 is 5.65. The molecule has 0 atom stereocenters. The van der Waals surface area contributed by atoms with Crippen LogP contribution >= 0.6 is 23.2 Å². The van der Waals surface area contributed by atoms with Crippen LogP contribution in [0.15, 0.2) is 64.6 Å². The summed E-state index contributed by atoms with van der Waals surface area (Å²) >= 11 is 12.2. The zero-order chi connectivity index (χ0) is 21.0. The number of anilines is 1. The molecule has 1 N–H and O–H groups in total. The third-order valence-corrected chi connectivity index (χ3v) is 4.65. The lowest BCUT2D eigenvalue weighted by molar-refractivity contribution is -0.384. The first-order valence-corrected chi connectivity index (χ1v) is 8.86. The highest BCUT2D eigenvalue weighted by atomic mass is 35.5. The second-order valence-corrected chi connectivity index (χ2v) is 6.52. The van der Waals surface area contributed by atoms with Crippen LogP contribution in [0.3, 0.4) is 0 Å². The zero-order valence-electron chi connectivity index (χ0n) is 14.6. The van der Waals surface area contributed by atoms with Crippen molar-refractivity contribution in [2.75, 3.05) is 5.32 Å². The molecule has 1 heterocycles. The molecule has 1 amide bonds. The number of nitrogens with one attached hydrogen (secondary N) is 1. The van der Waals surface area contributed by atoms with Crippen molar-refractivity contribution in [3.05, 3.63) is 86.1 Å². The molecule has 0 saturated carbocycles. The minimum Gasteiger partial charge on any atom is -0.457 e. The van der Waals surface area contributed by atoms with E-state index in [1.54, 1.807) is 36.4 Å². The number of hydrogen-bond acceptors (Lipinski definition) is 5. The smallest absolute Gasteiger partial charge is 0.269 e. The molecular formula is C20H11Cl2N3O4. The summed E-state index contributed by atoms with van der Waals surface area (Å²) in [6.07, 6.45) is 1.28. The molecule has 29 heavy (non-hydrogen) atoms. The fourth-order valence-corrected chi connectivity index (χ4v) is 2.82. The Kier molecular flexibility index (Phi) is 5.98. The average molecular weight is 428 g/mol. The number of amides is 1. The van der Waals surface area contributed by atoms with Crippen molar-refractivity contribution in [2.24, 2.45) is 0 Å². The lowest BCUT2D eigenvalue weighted by Crippen LogP contribution is -2.13. The van der Waals surface area contributed by atoms with Gasteiger partial charge in [-0.15, -0.1) is 0 Å². The fourth-order valence-electron chi connectivity index (χ4n) is 2.43. The van der Waals surface area contributed by atoms with Gasteiger partial charge in [-0.3, -0.25) is 14.9 Å². The van der Waals surface area contributed by atoms with Crippen LogP contribution in [0.4, 0.5) is 11.4 Å². The van der Waals surface area contributed by atoms with E-state index >= 15 is 0 Å². The van der Waals surface area contributed by atoms with Gasteiger partial charge in [-0.05, 0) is 36.4 Å². The van der Waals surface area contributed by atoms with Gasteiger partial charge in [0.1, 0.15) is 23.2 Å². The number of nitro groups is 1. The number of benzene rings is 2. The van der Waals surface area contributed by atoms with E-state index in [0.717, 1.165) is 0 Å². The van der Waals surface area contributed by atoms with E-state index in [1.807, 2.05) is 0 Å². The van der Waals surface area contributed by atoms with Gasteiger partial charge in [0.15, 0.2) is 0 Å². The predicted octanol–water partition coefficient (Wildman–Crippen LogP) is 5.71. The molecule has 0 fully saturated rings. The SMILES string of the molecule is N#C/C(=C\c1ccc(-c2cccc(Cl)c2Cl)o1)C(=O)Nc1ccc([N+](=O)[O-])cc1. The minimum absolute atomic E-state index is 0.109. The quantitative estimate of drug-likeness (QED) is 0.242. The molecule has 0 aliphatic heterocycles. The van der Waals surface area contributed by atoms with Crippen molar-refractivity contribution in [1.29, 1.82) is 5.26 Å². The van der Waals surface area contributed by atoms with Crippen molar-refractivity contribution in [2.45, 2.75) is 0 Å². The highest BCUT2D eigenvalue weighted by Gasteiger charge is 2.14. The summed E-state index contributed by atoms with van der Waals surface area (Å²) in [5.41, 5.74) is 0.573. The van der Waals surface area contributed by atoms with Crippen molar-refractivity contribution >= 4 is 46.6 Å². The number of nitriles is 1. The largest absolute Gasteiger partial charge is 0.457 e. The molecule has 0 saturated heterocycles. The summed E-state index contributed by atoms with van der Waals surface area (Å²) in [7, 11) is 0. The number of nitro benzene ring substituents is 1. The van der Waals surface area contributed by atoms with Crippen LogP contribution in [0.5, 0.6) is 0 Å². The Morgan fingerprint density at radius 3 is 2.52 bits per heavy atom. The highest BCUT2D eigenvalue weighted by molar-refractivity contribution is 6.43. The molecule has 7 nitrogen and oxygen atoms in total. The van der Waals surface area contributed by atoms with Crippen molar-refractivity contribution in [1.82, 2.24) is 0 Å². The summed E-state index contributed by atoms with van der Waals surface area (Å²) in [6.45, 7) is 0. The Labute approximate surface area is 174 Å². The molecule has 9 heteroatoms. The number of halogens is 2. The lowest BCUT2D eigenvalue weighted by Gasteiger charge is -2.04. The van der Waals surface area contributed by atoms with Crippen LogP contribution in [0, 0.1) is 21.4 Å². The number of carbonyl (C=O) groups excluding carboxylic acids is 1. The molecule has 3 rings (SSSR count). The number of hydrogen-bond donors (Lipinski definition) is 1. The Morgan fingerprint density at radius 1 is 1.14 bits per heavy atom. The predicted molar refractivity (Wildman–Crippen MR) is 109 cm³/mol. The fraction of sp³-hybridized carbons (Fsp3) is 0. The van der Waals surface area contributed by atoms with E-state index in [2.05, 4.69) is 5.32 Å². The van der Waals surface area contributed by atoms with Gasteiger partial charge in [-0.25, -0.2) is 0 Å². The Balaban J connectivity index is 1.80. The second-order valence-electron chi connectivity index (χ2n) is 5.73. The Morgan fingerprint density at radius 2 is 1.86 bits per heavy atom. The monoisotopic (exact) mass is 427 g/mol. The Bertz CT molecular complexity index is 1160. The highest BCUT2D eigenvalue weighted by Crippen LogP contribution is 2.34. The number of non-ortho nitro benzene ring substituents is 1. The first-order chi connectivity index (χ1) is 13.9. The molecule has 0 radical (unpaired) electrons. The normalized spacial score (nSPS) is 11.0. The summed E-state index contributed by atoms with van der Waals surface area (Å²) in [4.78, 5) is 22.5. The molecule has 1 aromatic heterocycles. The number of furan rings is 1. The molecule has 0 spiro atoms. The zero-order valence-corrected chi connectivity index (χ0v) is 16.1. The Hall–Kier alpha value is -3.60. The van der Waals surface area contributed by atoms with Crippen LogP contribution in [0.1, 0.15) is 5.76 Å². The average Bonchev–Trinajstić information content (AvgIpc) is 3.17. The second kappa shape index (κ2) is 8.61. The molecule has 144 valence electrons. The van der Waals surface area contributed by atoms with E-state index in [0.29, 0.717) is 27.1 Å². The van der Waals surface area contributed by atoms with E-state index in [4.69, 9.17) is 27.6 Å². The van der Waals surface area contributed by atoms with E-state index in [-0.39, 0.29) is 17.0 Å². The van der Waals surface area contributed by atoms with Gasteiger partial charge in [0.2, 0.25) is 0 Å². The number of nitrogens with zero attached hydrogens (tertiary/aromatic N) is 2. The van der Waals surface area contributed by atoms with Crippen molar-refractivity contribution < 1.29 is 14.1 Å². The van der Waals surface area contributed by atoms with Gasteiger partial charge < -0.3 is 9.73 Å². The van der Waals surface area contributed by atoms with Crippen LogP contribution in [0.2, 0.25) is 10.0 Å². The summed E-state index contributed by atoms with van der Waals surface area (Å²) in [6, 6.07) is 15.4. The minimum atomic E-state index is -0.680. The standard InChI is InChI=1S/C20H11Cl2N3O4/c21-17-3-1-2-16(19(17)22)18-9-8-15(29-18)10-12(11-23)20(26)24-13-4-6-14(7-5-13)25(27)28/h1-10H,(H,24,26)/b12-10+. The van der Waals surface area contributed by atoms with Crippen LogP contribution in [-0.2, 0) is 4.79 Å². The molecule has 0 aliphatic rings. The summed E-state index contributed by atoms with van der Waals surface area (Å²) in [5, 5.41) is 23.2. The first-order valence-electron chi connectivity index (χ1n) is 8.11. The third-order valence-electron chi connectivity index (χ3n) is 3.83. The van der Waals surface area contributed by atoms with Gasteiger partial charge in [0.05, 0.1) is 15.0 Å². The molecule has 3 aromatic rings. The van der Waals surface area contributed by atoms with Gasteiger partial charge >= 0.3 is 0 Å². The van der Waals surface area contributed by atoms with E-state index < -0.39 is 10.8 Å². The van der Waals surface area contributed by atoms with Gasteiger partial charge in [0.25, 0.3) is 11.6 Å². The van der Waals surface area contributed by atoms with Crippen LogP contribution < -0.4 is 5.32 Å². The number of carbonyl (C=O) groups is 1. The molecular weight excluding hydrogens is 417 g/mol. The molecule has 2 aromatic carbocycles. The van der Waals surface area contributed by atoms with Crippen LogP contribution in [-0.4, -0.2) is 10.8 Å². The van der Waals surface area contributed by atoms with Crippen LogP contribution in [0.25, 0.3) is 17.4 Å². The topological polar surface area (TPSA) is 109 Å². The third kappa shape index (κ3) is 4.63. The van der Waals surface area contributed by atoms with Crippen molar-refractivity contribution in [3.63, 3.8) is 0 Å².